The van der Waals surface area contributed by atoms with Gasteiger partial charge in [-0.1, -0.05) is 0 Å². The Bertz CT molecular complexity index is 548. The number of likely N-dealkylation sites (tertiary alicyclic amines) is 1. The van der Waals surface area contributed by atoms with Crippen LogP contribution in [-0.2, 0) is 4.74 Å². The van der Waals surface area contributed by atoms with Gasteiger partial charge in [-0.3, -0.25) is 9.69 Å². The van der Waals surface area contributed by atoms with Crippen molar-refractivity contribution in [1.29, 1.82) is 0 Å². The number of piperidine rings is 1. The zero-order valence-corrected chi connectivity index (χ0v) is 15.2. The Balaban J connectivity index is 1.92. The van der Waals surface area contributed by atoms with E-state index in [1.807, 2.05) is 43.7 Å². The number of amides is 1. The van der Waals surface area contributed by atoms with Crippen LogP contribution < -0.4 is 0 Å². The van der Waals surface area contributed by atoms with Crippen LogP contribution in [0.4, 0.5) is 4.79 Å². The maximum atomic E-state index is 12.4. The molecule has 0 aliphatic carbocycles. The molecule has 1 N–H and O–H groups in total. The lowest BCUT2D eigenvalue weighted by Crippen LogP contribution is -2.50. The number of rotatable bonds is 5. The first kappa shape index (κ1) is 18.5. The lowest BCUT2D eigenvalue weighted by molar-refractivity contribution is 0.00638. The number of hydrogen-bond acceptors (Lipinski definition) is 4. The molecule has 1 fully saturated rings. The second-order valence-corrected chi connectivity index (χ2v) is 7.53. The molecule has 2 heterocycles. The molecular weight excluding hydrogens is 306 g/mol. The number of aromatic nitrogens is 1. The molecule has 1 amide bonds. The van der Waals surface area contributed by atoms with Crippen molar-refractivity contribution >= 4 is 11.9 Å². The van der Waals surface area contributed by atoms with Gasteiger partial charge in [0, 0.05) is 25.3 Å². The third kappa shape index (κ3) is 5.37. The second kappa shape index (κ2) is 7.83. The Labute approximate surface area is 144 Å². The van der Waals surface area contributed by atoms with Crippen LogP contribution in [0.3, 0.4) is 0 Å². The van der Waals surface area contributed by atoms with Crippen molar-refractivity contribution in [3.05, 3.63) is 24.0 Å². The van der Waals surface area contributed by atoms with E-state index in [9.17, 15) is 9.59 Å². The van der Waals surface area contributed by atoms with Crippen molar-refractivity contribution in [3.63, 3.8) is 0 Å². The van der Waals surface area contributed by atoms with Gasteiger partial charge in [0.15, 0.2) is 5.78 Å². The molecule has 0 unspecified atom stereocenters. The number of nitrogens with one attached hydrogen (secondary N) is 1. The average Bonchev–Trinajstić information content (AvgIpc) is 3.00. The lowest BCUT2D eigenvalue weighted by Gasteiger charge is -2.38. The Morgan fingerprint density at radius 2 is 2.12 bits per heavy atom. The maximum absolute atomic E-state index is 12.4. The molecule has 1 aromatic heterocycles. The van der Waals surface area contributed by atoms with Gasteiger partial charge in [-0.2, -0.15) is 0 Å². The quantitative estimate of drug-likeness (QED) is 0.840. The topological polar surface area (TPSA) is 65.6 Å². The molecule has 134 valence electrons. The molecular formula is C18H29N3O3. The monoisotopic (exact) mass is 335 g/mol. The summed E-state index contributed by atoms with van der Waals surface area (Å²) in [5.74, 6) is 0.0575. The predicted octanol–water partition coefficient (Wildman–Crippen LogP) is 2.92. The van der Waals surface area contributed by atoms with Gasteiger partial charge in [0.25, 0.3) is 0 Å². The van der Waals surface area contributed by atoms with E-state index in [2.05, 4.69) is 4.98 Å². The highest BCUT2D eigenvalue weighted by Gasteiger charge is 2.31. The highest BCUT2D eigenvalue weighted by atomic mass is 16.6. The number of ketones is 1. The zero-order valence-electron chi connectivity index (χ0n) is 15.2. The summed E-state index contributed by atoms with van der Waals surface area (Å²) in [5, 5.41) is 0. The van der Waals surface area contributed by atoms with Gasteiger partial charge < -0.3 is 14.6 Å². The minimum Gasteiger partial charge on any atom is -0.444 e. The number of H-pyrrole nitrogens is 1. The number of hydrogen-bond donors (Lipinski definition) is 1. The van der Waals surface area contributed by atoms with Crippen molar-refractivity contribution in [2.24, 2.45) is 0 Å². The van der Waals surface area contributed by atoms with Crippen LogP contribution in [0.2, 0.25) is 0 Å². The number of ether oxygens (including phenoxy) is 1. The fourth-order valence-electron chi connectivity index (χ4n) is 3.01. The van der Waals surface area contributed by atoms with Crippen LogP contribution in [0.5, 0.6) is 0 Å². The average molecular weight is 335 g/mol. The second-order valence-electron chi connectivity index (χ2n) is 7.53. The largest absolute Gasteiger partial charge is 0.444 e. The van der Waals surface area contributed by atoms with Gasteiger partial charge in [-0.05, 0) is 59.2 Å². The van der Waals surface area contributed by atoms with E-state index < -0.39 is 5.60 Å². The fraction of sp³-hybridized carbons (Fsp3) is 0.667. The summed E-state index contributed by atoms with van der Waals surface area (Å²) in [7, 11) is 1.92. The van der Waals surface area contributed by atoms with Gasteiger partial charge in [-0.25, -0.2) is 4.79 Å². The van der Waals surface area contributed by atoms with Crippen LogP contribution in [0, 0.1) is 0 Å². The van der Waals surface area contributed by atoms with Gasteiger partial charge in [0.2, 0.25) is 0 Å². The fourth-order valence-corrected chi connectivity index (χ4v) is 3.01. The molecule has 1 aromatic rings. The molecule has 1 atom stereocenters. The molecule has 0 aromatic carbocycles. The number of Topliss-reactive ketones (excluding diaryl/α,β-unsaturated/α-hetero) is 1. The van der Waals surface area contributed by atoms with E-state index in [1.165, 1.54) is 0 Å². The maximum Gasteiger partial charge on any atom is 0.410 e. The number of aromatic amines is 1. The summed E-state index contributed by atoms with van der Waals surface area (Å²) in [5.41, 5.74) is 0.128. The molecule has 1 saturated heterocycles. The van der Waals surface area contributed by atoms with Gasteiger partial charge in [0.1, 0.15) is 5.60 Å². The van der Waals surface area contributed by atoms with E-state index in [1.54, 1.807) is 12.3 Å². The number of nitrogens with zero attached hydrogens (tertiary/aromatic N) is 2. The first-order valence-electron chi connectivity index (χ1n) is 8.61. The summed E-state index contributed by atoms with van der Waals surface area (Å²) in [6.07, 6.45) is 4.54. The van der Waals surface area contributed by atoms with Gasteiger partial charge in [-0.15, -0.1) is 0 Å². The SMILES string of the molecule is CN(CC(=O)c1ccc[nH]1)C[C@H]1CCCCN1C(=O)OC(C)(C)C. The summed E-state index contributed by atoms with van der Waals surface area (Å²) in [6.45, 7) is 7.36. The molecule has 1 aliphatic heterocycles. The normalized spacial score (nSPS) is 18.7. The van der Waals surface area contributed by atoms with E-state index in [4.69, 9.17) is 4.74 Å². The summed E-state index contributed by atoms with van der Waals surface area (Å²) in [6, 6.07) is 3.69. The third-order valence-corrected chi connectivity index (χ3v) is 4.09. The Kier molecular flexibility index (Phi) is 6.04. The van der Waals surface area contributed by atoms with E-state index in [-0.39, 0.29) is 17.9 Å². The first-order chi connectivity index (χ1) is 11.3. The molecule has 0 saturated carbocycles. The predicted molar refractivity (Wildman–Crippen MR) is 93.2 cm³/mol. The molecule has 24 heavy (non-hydrogen) atoms. The van der Waals surface area contributed by atoms with E-state index >= 15 is 0 Å². The summed E-state index contributed by atoms with van der Waals surface area (Å²) in [4.78, 5) is 31.4. The minimum atomic E-state index is -0.492. The Morgan fingerprint density at radius 1 is 1.38 bits per heavy atom. The molecule has 0 spiro atoms. The number of likely N-dealkylation sites (N-methyl/N-ethyl adjacent to an activating group) is 1. The van der Waals surface area contributed by atoms with E-state index in [0.717, 1.165) is 25.8 Å². The van der Waals surface area contributed by atoms with Gasteiger partial charge >= 0.3 is 6.09 Å². The Hall–Kier alpha value is -1.82. The van der Waals surface area contributed by atoms with Crippen molar-refractivity contribution in [2.75, 3.05) is 26.7 Å². The third-order valence-electron chi connectivity index (χ3n) is 4.09. The summed E-state index contributed by atoms with van der Waals surface area (Å²) >= 11 is 0. The van der Waals surface area contributed by atoms with Crippen molar-refractivity contribution in [3.8, 4) is 0 Å². The van der Waals surface area contributed by atoms with Crippen LogP contribution in [0.25, 0.3) is 0 Å². The molecule has 6 nitrogen and oxygen atoms in total. The Morgan fingerprint density at radius 3 is 2.75 bits per heavy atom. The standard InChI is InChI=1S/C18H29N3O3/c1-18(2,3)24-17(23)21-11-6-5-8-14(21)12-20(4)13-16(22)15-9-7-10-19-15/h7,9-10,14,19H,5-6,8,11-13H2,1-4H3/t14-/m1/s1. The zero-order chi connectivity index (χ0) is 17.7. The smallest absolute Gasteiger partial charge is 0.410 e. The lowest BCUT2D eigenvalue weighted by atomic mass is 10.0. The molecule has 0 radical (unpaired) electrons. The molecule has 0 bridgehead atoms. The van der Waals surface area contributed by atoms with Crippen LogP contribution in [0.1, 0.15) is 50.5 Å². The van der Waals surface area contributed by atoms with Gasteiger partial charge in [0.05, 0.1) is 12.2 Å². The molecule has 2 rings (SSSR count). The molecule has 1 aliphatic rings. The van der Waals surface area contributed by atoms with Crippen molar-refractivity contribution in [1.82, 2.24) is 14.8 Å². The van der Waals surface area contributed by atoms with Crippen LogP contribution >= 0.6 is 0 Å². The van der Waals surface area contributed by atoms with Crippen molar-refractivity contribution < 1.29 is 14.3 Å². The molecule has 6 heteroatoms. The van der Waals surface area contributed by atoms with Crippen LogP contribution in [-0.4, -0.2) is 65.0 Å². The van der Waals surface area contributed by atoms with Crippen LogP contribution in [0.15, 0.2) is 18.3 Å². The highest BCUT2D eigenvalue weighted by Crippen LogP contribution is 2.21. The number of carbonyl (C=O) groups excluding carboxylic acids is 2. The summed E-state index contributed by atoms with van der Waals surface area (Å²) < 4.78 is 5.53. The highest BCUT2D eigenvalue weighted by molar-refractivity contribution is 5.95. The van der Waals surface area contributed by atoms with Crippen molar-refractivity contribution in [2.45, 2.75) is 51.7 Å². The minimum absolute atomic E-state index is 0.0575. The first-order valence-corrected chi connectivity index (χ1v) is 8.61. The van der Waals surface area contributed by atoms with E-state index in [0.29, 0.717) is 18.8 Å². The number of carbonyl (C=O) groups is 2.